The Bertz CT molecular complexity index is 1630. The number of pyridine rings is 2. The normalized spacial score (nSPS) is 16.1. The number of sulfone groups is 1. The number of amides is 1. The van der Waals surface area contributed by atoms with Gasteiger partial charge in [-0.1, -0.05) is 34.7 Å². The van der Waals surface area contributed by atoms with Gasteiger partial charge in [0, 0.05) is 30.9 Å². The number of rotatable bonds is 10. The highest BCUT2D eigenvalue weighted by molar-refractivity contribution is 7.92. The third kappa shape index (κ3) is 5.75. The zero-order chi connectivity index (χ0) is 26.8. The molecular weight excluding hydrogens is 540 g/mol. The molecule has 1 aromatic carbocycles. The fraction of sp³-hybridized carbons (Fsp3) is 0.269. The number of thiazole rings is 1. The Labute approximate surface area is 228 Å². The number of aromatic nitrogens is 3. The second-order valence-corrected chi connectivity index (χ2v) is 12.4. The summed E-state index contributed by atoms with van der Waals surface area (Å²) in [5, 5.41) is 10.0. The van der Waals surface area contributed by atoms with Crippen LogP contribution in [0.2, 0.25) is 0 Å². The first-order valence-electron chi connectivity index (χ1n) is 12.4. The zero-order valence-corrected chi connectivity index (χ0v) is 22.2. The molecule has 2 fully saturated rings. The summed E-state index contributed by atoms with van der Waals surface area (Å²) in [6.45, 7) is 1.61. The van der Waals surface area contributed by atoms with Crippen molar-refractivity contribution < 1.29 is 22.8 Å². The molecule has 13 heteroatoms. The quantitative estimate of drug-likeness (QED) is 0.219. The van der Waals surface area contributed by atoms with Gasteiger partial charge < -0.3 is 14.9 Å². The molecule has 0 bridgehead atoms. The lowest BCUT2D eigenvalue weighted by atomic mass is 10.1. The maximum absolute atomic E-state index is 13.4. The molecule has 1 amide bonds. The molecule has 11 nitrogen and oxygen atoms in total. The van der Waals surface area contributed by atoms with E-state index in [1.807, 2.05) is 6.07 Å². The summed E-state index contributed by atoms with van der Waals surface area (Å²) < 4.78 is 31.0. The van der Waals surface area contributed by atoms with Crippen LogP contribution in [0.1, 0.15) is 24.1 Å². The van der Waals surface area contributed by atoms with Crippen molar-refractivity contribution in [1.29, 1.82) is 0 Å². The van der Waals surface area contributed by atoms with E-state index in [2.05, 4.69) is 30.7 Å². The summed E-state index contributed by atoms with van der Waals surface area (Å²) in [6.07, 6.45) is 3.07. The Kier molecular flexibility index (Phi) is 6.94. The molecular formula is C26H24N6O5S2. The van der Waals surface area contributed by atoms with Crippen LogP contribution in [-0.2, 0) is 26.1 Å². The third-order valence-electron chi connectivity index (χ3n) is 6.21. The van der Waals surface area contributed by atoms with Crippen LogP contribution in [0.4, 0.5) is 5.13 Å². The van der Waals surface area contributed by atoms with Crippen molar-refractivity contribution in [3.63, 3.8) is 0 Å². The first-order valence-corrected chi connectivity index (χ1v) is 14.7. The average molecular weight is 565 g/mol. The van der Waals surface area contributed by atoms with Gasteiger partial charge in [0.2, 0.25) is 5.88 Å². The van der Waals surface area contributed by atoms with Crippen molar-refractivity contribution in [3.8, 4) is 5.88 Å². The fourth-order valence-electron chi connectivity index (χ4n) is 3.84. The Morgan fingerprint density at radius 2 is 1.90 bits per heavy atom. The highest BCUT2D eigenvalue weighted by Gasteiger charge is 2.36. The van der Waals surface area contributed by atoms with Gasteiger partial charge in [-0.3, -0.25) is 15.1 Å². The highest BCUT2D eigenvalue weighted by Crippen LogP contribution is 2.33. The molecule has 4 heterocycles. The van der Waals surface area contributed by atoms with Gasteiger partial charge in [0.25, 0.3) is 5.91 Å². The number of anilines is 1. The molecule has 0 spiro atoms. The van der Waals surface area contributed by atoms with Crippen LogP contribution < -0.4 is 15.4 Å². The second-order valence-electron chi connectivity index (χ2n) is 9.15. The summed E-state index contributed by atoms with van der Waals surface area (Å²) in [6, 6.07) is 15.0. The Hall–Kier alpha value is -3.94. The van der Waals surface area contributed by atoms with E-state index in [4.69, 9.17) is 9.57 Å². The number of hydrogen-bond donors (Lipinski definition) is 2. The average Bonchev–Trinajstić information content (AvgIpc) is 3.71. The monoisotopic (exact) mass is 564 g/mol. The number of carbonyl (C=O) groups excluding carboxylic acids is 1. The van der Waals surface area contributed by atoms with Gasteiger partial charge in [-0.2, -0.15) is 0 Å². The number of nitrogens with one attached hydrogen (secondary N) is 2. The number of carbonyl (C=O) groups is 1. The van der Waals surface area contributed by atoms with Gasteiger partial charge in [-0.15, -0.1) is 0 Å². The number of oxime groups is 1. The van der Waals surface area contributed by atoms with Crippen molar-refractivity contribution >= 4 is 48.3 Å². The lowest BCUT2D eigenvalue weighted by Gasteiger charge is -2.27. The number of hydrogen-bond acceptors (Lipinski definition) is 11. The van der Waals surface area contributed by atoms with Gasteiger partial charge >= 0.3 is 0 Å². The molecule has 200 valence electrons. The van der Waals surface area contributed by atoms with Crippen molar-refractivity contribution in [2.24, 2.45) is 5.16 Å². The Balaban J connectivity index is 1.23. The van der Waals surface area contributed by atoms with Crippen molar-refractivity contribution in [2.75, 3.05) is 18.4 Å². The number of fused-ring (bicyclic) bond motifs is 1. The summed E-state index contributed by atoms with van der Waals surface area (Å²) in [5.41, 5.74) is 1.62. The van der Waals surface area contributed by atoms with Crippen LogP contribution in [0, 0.1) is 0 Å². The molecule has 1 saturated heterocycles. The first kappa shape index (κ1) is 25.3. The number of benzene rings is 1. The molecule has 0 radical (unpaired) electrons. The van der Waals surface area contributed by atoms with E-state index in [0.717, 1.165) is 13.1 Å². The molecule has 4 aromatic rings. The van der Waals surface area contributed by atoms with Crippen molar-refractivity contribution in [2.45, 2.75) is 35.7 Å². The molecule has 39 heavy (non-hydrogen) atoms. The Morgan fingerprint density at radius 1 is 1.08 bits per heavy atom. The van der Waals surface area contributed by atoms with Crippen LogP contribution in [0.3, 0.4) is 0 Å². The van der Waals surface area contributed by atoms with Crippen molar-refractivity contribution in [1.82, 2.24) is 20.3 Å². The number of nitrogens with zero attached hydrogens (tertiary/aromatic N) is 4. The predicted molar refractivity (Wildman–Crippen MR) is 146 cm³/mol. The molecule has 3 aromatic heterocycles. The Morgan fingerprint density at radius 3 is 2.59 bits per heavy atom. The van der Waals surface area contributed by atoms with Crippen LogP contribution in [0.15, 0.2) is 70.8 Å². The van der Waals surface area contributed by atoms with Gasteiger partial charge in [0.05, 0.1) is 15.8 Å². The highest BCUT2D eigenvalue weighted by atomic mass is 32.2. The summed E-state index contributed by atoms with van der Waals surface area (Å²) in [7, 11) is -3.36. The standard InChI is InChI=1S/C26H24N6O5S2/c33-24(31-26-29-21-10-11-22(30-25(21)38-26)37-18-13-27-14-18)23(32-36-15-17-3-1-2-12-28-17)16-4-6-19(7-5-16)39(34,35)20-8-9-20/h1-7,10-12,18,20,27H,8-9,13-15H2,(H,29,31,33)/b32-23+. The zero-order valence-electron chi connectivity index (χ0n) is 20.6. The van der Waals surface area contributed by atoms with Crippen LogP contribution in [0.5, 0.6) is 5.88 Å². The summed E-state index contributed by atoms with van der Waals surface area (Å²) >= 11 is 1.21. The summed E-state index contributed by atoms with van der Waals surface area (Å²) in [4.78, 5) is 32.8. The topological polar surface area (TPSA) is 145 Å². The predicted octanol–water partition coefficient (Wildman–Crippen LogP) is 2.93. The van der Waals surface area contributed by atoms with Crippen LogP contribution in [-0.4, -0.2) is 59.4 Å². The van der Waals surface area contributed by atoms with E-state index < -0.39 is 15.7 Å². The number of ether oxygens (including phenoxy) is 1. The minimum atomic E-state index is -3.36. The smallest absolute Gasteiger partial charge is 0.280 e. The van der Waals surface area contributed by atoms with Gasteiger partial charge in [0.1, 0.15) is 16.5 Å². The van der Waals surface area contributed by atoms with Crippen LogP contribution >= 0.6 is 11.3 Å². The first-order chi connectivity index (χ1) is 19.0. The third-order valence-corrected chi connectivity index (χ3v) is 9.37. The second kappa shape index (κ2) is 10.7. The van der Waals surface area contributed by atoms with Crippen LogP contribution in [0.25, 0.3) is 10.3 Å². The van der Waals surface area contributed by atoms with E-state index in [1.165, 1.54) is 23.5 Å². The molecule has 2 aliphatic rings. The summed E-state index contributed by atoms with van der Waals surface area (Å²) in [5.74, 6) is -0.0631. The van der Waals surface area contributed by atoms with E-state index in [0.29, 0.717) is 45.5 Å². The van der Waals surface area contributed by atoms with E-state index in [-0.39, 0.29) is 28.6 Å². The molecule has 0 atom stereocenters. The maximum Gasteiger partial charge on any atom is 0.280 e. The molecule has 6 rings (SSSR count). The minimum Gasteiger partial charge on any atom is -0.472 e. The van der Waals surface area contributed by atoms with E-state index in [1.54, 1.807) is 42.6 Å². The molecule has 1 aliphatic carbocycles. The molecule has 1 aliphatic heterocycles. The van der Waals surface area contributed by atoms with Gasteiger partial charge in [-0.05, 0) is 43.2 Å². The molecule has 0 unspecified atom stereocenters. The van der Waals surface area contributed by atoms with E-state index in [9.17, 15) is 13.2 Å². The molecule has 1 saturated carbocycles. The van der Waals surface area contributed by atoms with Gasteiger partial charge in [-0.25, -0.2) is 18.4 Å². The fourth-order valence-corrected chi connectivity index (χ4v) is 6.32. The van der Waals surface area contributed by atoms with Crippen molar-refractivity contribution in [3.05, 3.63) is 72.1 Å². The van der Waals surface area contributed by atoms with E-state index >= 15 is 0 Å². The lowest BCUT2D eigenvalue weighted by molar-refractivity contribution is -0.110. The lowest BCUT2D eigenvalue weighted by Crippen LogP contribution is -2.50. The minimum absolute atomic E-state index is 0.0324. The largest absolute Gasteiger partial charge is 0.472 e. The van der Waals surface area contributed by atoms with Gasteiger partial charge in [0.15, 0.2) is 27.3 Å². The SMILES string of the molecule is O=C(Nc1nc2ccc(OC3CNC3)nc2s1)/C(=N/OCc1ccccn1)c1ccc(S(=O)(=O)C2CC2)cc1. The molecule has 2 N–H and O–H groups in total. The maximum atomic E-state index is 13.4.